The number of nitrogens with zero attached hydrogens (tertiary/aromatic N) is 4. The fourth-order valence-corrected chi connectivity index (χ4v) is 3.72. The highest BCUT2D eigenvalue weighted by Gasteiger charge is 2.15. The Morgan fingerprint density at radius 2 is 2.08 bits per heavy atom. The van der Waals surface area contributed by atoms with Gasteiger partial charge in [-0.2, -0.15) is 5.26 Å². The summed E-state index contributed by atoms with van der Waals surface area (Å²) in [5.74, 6) is 0. The van der Waals surface area contributed by atoms with Gasteiger partial charge in [0.1, 0.15) is 0 Å². The van der Waals surface area contributed by atoms with Gasteiger partial charge < -0.3 is 4.74 Å². The normalized spacial score (nSPS) is 16.6. The quantitative estimate of drug-likeness (QED) is 0.582. The van der Waals surface area contributed by atoms with Crippen molar-refractivity contribution in [3.05, 3.63) is 34.6 Å². The van der Waals surface area contributed by atoms with Gasteiger partial charge in [-0.1, -0.05) is 23.9 Å². The number of para-hydroxylation sites is 1. The molecule has 0 saturated carbocycles. The highest BCUT2D eigenvalue weighted by Crippen LogP contribution is 2.22. The lowest BCUT2D eigenvalue weighted by Gasteiger charge is -2.26. The van der Waals surface area contributed by atoms with Crippen molar-refractivity contribution in [1.29, 1.82) is 5.26 Å². The number of morpholine rings is 1. The van der Waals surface area contributed by atoms with Crippen LogP contribution in [0.25, 0.3) is 10.9 Å². The monoisotopic (exact) mass is 358 g/mol. The minimum atomic E-state index is -0.251. The molecule has 1 atom stereocenters. The van der Waals surface area contributed by atoms with Gasteiger partial charge >= 0.3 is 0 Å². The van der Waals surface area contributed by atoms with Crippen LogP contribution in [-0.4, -0.2) is 52.5 Å². The third-order valence-electron chi connectivity index (χ3n) is 4.25. The van der Waals surface area contributed by atoms with Gasteiger partial charge in [-0.15, -0.1) is 0 Å². The summed E-state index contributed by atoms with van der Waals surface area (Å²) in [7, 11) is 0. The zero-order valence-corrected chi connectivity index (χ0v) is 15.2. The van der Waals surface area contributed by atoms with Crippen LogP contribution in [0.2, 0.25) is 0 Å². The molecule has 132 valence electrons. The largest absolute Gasteiger partial charge is 0.379 e. The lowest BCUT2D eigenvalue weighted by Crippen LogP contribution is -2.37. The van der Waals surface area contributed by atoms with E-state index in [0.717, 1.165) is 39.3 Å². The van der Waals surface area contributed by atoms with E-state index < -0.39 is 0 Å². The summed E-state index contributed by atoms with van der Waals surface area (Å²) in [4.78, 5) is 19.9. The number of ether oxygens (including phenoxy) is 1. The SMILES string of the molecule is C[C@@H](C#N)Sc1nc2ccccc2c(=O)n1CCCN1CCOCC1. The van der Waals surface area contributed by atoms with E-state index in [0.29, 0.717) is 22.6 Å². The molecule has 1 aromatic heterocycles. The van der Waals surface area contributed by atoms with Crippen molar-refractivity contribution in [2.24, 2.45) is 0 Å². The Kier molecular flexibility index (Phi) is 6.08. The van der Waals surface area contributed by atoms with Gasteiger partial charge in [-0.25, -0.2) is 4.98 Å². The first-order valence-corrected chi connectivity index (χ1v) is 9.43. The number of thioether (sulfide) groups is 1. The van der Waals surface area contributed by atoms with Gasteiger partial charge in [-0.3, -0.25) is 14.3 Å². The van der Waals surface area contributed by atoms with Crippen molar-refractivity contribution >= 4 is 22.7 Å². The first kappa shape index (κ1) is 17.9. The maximum absolute atomic E-state index is 12.9. The first-order chi connectivity index (χ1) is 12.2. The van der Waals surface area contributed by atoms with E-state index >= 15 is 0 Å². The molecule has 0 unspecified atom stereocenters. The molecule has 0 radical (unpaired) electrons. The summed E-state index contributed by atoms with van der Waals surface area (Å²) in [6, 6.07) is 9.59. The molecule has 6 nitrogen and oxygen atoms in total. The van der Waals surface area contributed by atoms with Crippen molar-refractivity contribution in [3.63, 3.8) is 0 Å². The zero-order valence-electron chi connectivity index (χ0n) is 14.4. The third kappa shape index (κ3) is 4.40. The molecule has 1 aliphatic heterocycles. The second kappa shape index (κ2) is 8.48. The van der Waals surface area contributed by atoms with Crippen molar-refractivity contribution < 1.29 is 4.74 Å². The van der Waals surface area contributed by atoms with Crippen LogP contribution in [0.1, 0.15) is 13.3 Å². The van der Waals surface area contributed by atoms with Crippen LogP contribution in [0, 0.1) is 11.3 Å². The van der Waals surface area contributed by atoms with Gasteiger partial charge in [0.25, 0.3) is 5.56 Å². The maximum Gasteiger partial charge on any atom is 0.262 e. The van der Waals surface area contributed by atoms with Crippen LogP contribution in [0.15, 0.2) is 34.2 Å². The second-order valence-corrected chi connectivity index (χ2v) is 7.37. The molecule has 0 bridgehead atoms. The molecule has 1 fully saturated rings. The lowest BCUT2D eigenvalue weighted by molar-refractivity contribution is 0.0368. The van der Waals surface area contributed by atoms with E-state index in [9.17, 15) is 4.79 Å². The van der Waals surface area contributed by atoms with Gasteiger partial charge in [0.15, 0.2) is 5.16 Å². The van der Waals surface area contributed by atoms with Crippen LogP contribution in [0.5, 0.6) is 0 Å². The fourth-order valence-electron chi connectivity index (χ4n) is 2.90. The Balaban J connectivity index is 1.83. The van der Waals surface area contributed by atoms with E-state index in [2.05, 4.69) is 16.0 Å². The molecule has 1 saturated heterocycles. The van der Waals surface area contributed by atoms with E-state index in [1.54, 1.807) is 4.57 Å². The minimum absolute atomic E-state index is 0.0276. The zero-order chi connectivity index (χ0) is 17.6. The summed E-state index contributed by atoms with van der Waals surface area (Å²) in [5, 5.41) is 10.1. The molecule has 0 spiro atoms. The number of hydrogen-bond acceptors (Lipinski definition) is 6. The Bertz CT molecular complexity index is 824. The van der Waals surface area contributed by atoms with E-state index in [-0.39, 0.29) is 10.8 Å². The van der Waals surface area contributed by atoms with Crippen LogP contribution in [-0.2, 0) is 11.3 Å². The molecule has 0 amide bonds. The predicted molar refractivity (Wildman–Crippen MR) is 98.8 cm³/mol. The number of rotatable bonds is 6. The topological polar surface area (TPSA) is 71.2 Å². The standard InChI is InChI=1S/C18H22N4O2S/c1-14(13-19)25-18-20-16-6-3-2-5-15(16)17(23)22(18)8-4-7-21-9-11-24-12-10-21/h2-3,5-6,14H,4,7-12H2,1H3/t14-/m0/s1. The summed E-state index contributed by atoms with van der Waals surface area (Å²) < 4.78 is 7.09. The molecule has 1 aromatic carbocycles. The average Bonchev–Trinajstić information content (AvgIpc) is 2.65. The third-order valence-corrected chi connectivity index (χ3v) is 5.23. The highest BCUT2D eigenvalue weighted by molar-refractivity contribution is 8.00. The summed E-state index contributed by atoms with van der Waals surface area (Å²) in [6.45, 7) is 6.80. The van der Waals surface area contributed by atoms with Crippen LogP contribution < -0.4 is 5.56 Å². The lowest BCUT2D eigenvalue weighted by atomic mass is 10.2. The second-order valence-electron chi connectivity index (χ2n) is 6.07. The number of benzene rings is 1. The van der Waals surface area contributed by atoms with E-state index in [1.807, 2.05) is 31.2 Å². The number of hydrogen-bond donors (Lipinski definition) is 0. The molecular weight excluding hydrogens is 336 g/mol. The molecule has 1 aliphatic rings. The van der Waals surface area contributed by atoms with Gasteiger partial charge in [-0.05, 0) is 25.5 Å². The van der Waals surface area contributed by atoms with Crippen LogP contribution in [0.3, 0.4) is 0 Å². The Hall–Kier alpha value is -1.88. The summed E-state index contributed by atoms with van der Waals surface area (Å²) in [5.41, 5.74) is 0.657. The summed E-state index contributed by atoms with van der Waals surface area (Å²) in [6.07, 6.45) is 0.869. The maximum atomic E-state index is 12.9. The van der Waals surface area contributed by atoms with Crippen molar-refractivity contribution in [1.82, 2.24) is 14.5 Å². The number of aromatic nitrogens is 2. The predicted octanol–water partition coefficient (Wildman–Crippen LogP) is 2.12. The molecule has 0 N–H and O–H groups in total. The Morgan fingerprint density at radius 1 is 1.32 bits per heavy atom. The molecule has 7 heteroatoms. The average molecular weight is 358 g/mol. The minimum Gasteiger partial charge on any atom is -0.379 e. The molecule has 25 heavy (non-hydrogen) atoms. The Morgan fingerprint density at radius 3 is 2.84 bits per heavy atom. The first-order valence-electron chi connectivity index (χ1n) is 8.55. The summed E-state index contributed by atoms with van der Waals surface area (Å²) >= 11 is 1.34. The molecule has 0 aliphatic carbocycles. The fraction of sp³-hybridized carbons (Fsp3) is 0.500. The molecular formula is C18H22N4O2S. The van der Waals surface area contributed by atoms with Gasteiger partial charge in [0.05, 0.1) is 35.4 Å². The molecule has 2 aromatic rings. The van der Waals surface area contributed by atoms with E-state index in [1.165, 1.54) is 11.8 Å². The number of fused-ring (bicyclic) bond motifs is 1. The Labute approximate surface area is 151 Å². The van der Waals surface area contributed by atoms with Crippen molar-refractivity contribution in [3.8, 4) is 6.07 Å². The molecule has 2 heterocycles. The van der Waals surface area contributed by atoms with Crippen molar-refractivity contribution in [2.75, 3.05) is 32.8 Å². The highest BCUT2D eigenvalue weighted by atomic mass is 32.2. The number of nitriles is 1. The van der Waals surface area contributed by atoms with Crippen LogP contribution in [0.4, 0.5) is 0 Å². The van der Waals surface area contributed by atoms with E-state index in [4.69, 9.17) is 10.00 Å². The van der Waals surface area contributed by atoms with Crippen LogP contribution >= 0.6 is 11.8 Å². The van der Waals surface area contributed by atoms with Crippen molar-refractivity contribution in [2.45, 2.75) is 30.3 Å². The molecule has 3 rings (SSSR count). The smallest absolute Gasteiger partial charge is 0.262 e. The van der Waals surface area contributed by atoms with Gasteiger partial charge in [0, 0.05) is 26.2 Å². The van der Waals surface area contributed by atoms with Gasteiger partial charge in [0.2, 0.25) is 0 Å².